The lowest BCUT2D eigenvalue weighted by Crippen LogP contribution is -2.56. The van der Waals surface area contributed by atoms with Crippen molar-refractivity contribution in [1.29, 1.82) is 0 Å². The maximum atomic E-state index is 13.4. The van der Waals surface area contributed by atoms with E-state index < -0.39 is 5.54 Å². The summed E-state index contributed by atoms with van der Waals surface area (Å²) in [4.78, 5) is 27.4. The second-order valence-corrected chi connectivity index (χ2v) is 8.48. The number of carbonyl (C=O) groups excluding carboxylic acids is 2. The number of amides is 2. The van der Waals surface area contributed by atoms with Crippen molar-refractivity contribution in [3.63, 3.8) is 0 Å². The lowest BCUT2D eigenvalue weighted by atomic mass is 9.89. The number of nitrogens with one attached hydrogen (secondary N) is 1. The van der Waals surface area contributed by atoms with Crippen LogP contribution in [-0.4, -0.2) is 51.3 Å². The number of anilines is 1. The van der Waals surface area contributed by atoms with Crippen molar-refractivity contribution >= 4 is 28.3 Å². The molecule has 0 bridgehead atoms. The molecule has 0 unspecified atom stereocenters. The van der Waals surface area contributed by atoms with Crippen LogP contribution in [0.1, 0.15) is 30.5 Å². The minimum Gasteiger partial charge on any atom is -0.377 e. The summed E-state index contributed by atoms with van der Waals surface area (Å²) in [5, 5.41) is 16.0. The van der Waals surface area contributed by atoms with Crippen LogP contribution in [0.15, 0.2) is 40.9 Å². The minimum atomic E-state index is -1.08. The molecular formula is C21H23N5O4S. The van der Waals surface area contributed by atoms with Crippen molar-refractivity contribution in [1.82, 2.24) is 20.3 Å². The summed E-state index contributed by atoms with van der Waals surface area (Å²) in [6.45, 7) is 2.30. The van der Waals surface area contributed by atoms with Crippen molar-refractivity contribution in [2.45, 2.75) is 38.3 Å². The van der Waals surface area contributed by atoms with Crippen molar-refractivity contribution in [2.24, 2.45) is 0 Å². The van der Waals surface area contributed by atoms with Crippen LogP contribution in [0.5, 0.6) is 0 Å². The third-order valence-electron chi connectivity index (χ3n) is 5.34. The molecule has 1 N–H and O–H groups in total. The number of carbonyl (C=O) groups is 2. The Hall–Kier alpha value is -3.11. The van der Waals surface area contributed by atoms with E-state index in [1.807, 2.05) is 36.4 Å². The maximum Gasteiger partial charge on any atom is 0.252 e. The molecule has 2 amide bonds. The molecule has 1 fully saturated rings. The van der Waals surface area contributed by atoms with E-state index in [2.05, 4.69) is 20.7 Å². The molecule has 1 aliphatic heterocycles. The molecule has 4 rings (SSSR count). The first-order valence-electron chi connectivity index (χ1n) is 9.94. The van der Waals surface area contributed by atoms with Gasteiger partial charge >= 0.3 is 0 Å². The maximum absolute atomic E-state index is 13.4. The second kappa shape index (κ2) is 8.94. The van der Waals surface area contributed by atoms with Crippen LogP contribution in [0.2, 0.25) is 0 Å². The third kappa shape index (κ3) is 4.35. The molecule has 1 atom stereocenters. The Balaban J connectivity index is 1.60. The standard InChI is InChI=1S/C21H23N5O4S/c1-14(27)26-10-6-9-21(26,19(28)22-20-24-23-18(31-20)13-29-2)12-16-11-17(25-30-16)15-7-4-3-5-8-15/h3-5,7-8,11H,6,9-10,12-13H2,1-2H3,(H,22,24,28)/t21-/m1/s1. The van der Waals surface area contributed by atoms with Crippen LogP contribution in [-0.2, 0) is 27.4 Å². The molecule has 1 aliphatic rings. The summed E-state index contributed by atoms with van der Waals surface area (Å²) < 4.78 is 10.6. The zero-order valence-corrected chi connectivity index (χ0v) is 18.1. The molecule has 2 aromatic heterocycles. The fraction of sp³-hybridized carbons (Fsp3) is 0.381. The largest absolute Gasteiger partial charge is 0.377 e. The molecule has 0 saturated carbocycles. The molecule has 1 saturated heterocycles. The normalized spacial score (nSPS) is 18.3. The molecule has 162 valence electrons. The van der Waals surface area contributed by atoms with Gasteiger partial charge in [0.25, 0.3) is 5.91 Å². The third-order valence-corrected chi connectivity index (χ3v) is 6.15. The summed E-state index contributed by atoms with van der Waals surface area (Å²) in [6, 6.07) is 11.5. The zero-order chi connectivity index (χ0) is 21.8. The molecule has 10 heteroatoms. The van der Waals surface area contributed by atoms with Crippen LogP contribution in [0.3, 0.4) is 0 Å². The first-order chi connectivity index (χ1) is 15.0. The van der Waals surface area contributed by atoms with Gasteiger partial charge < -0.3 is 14.2 Å². The van der Waals surface area contributed by atoms with Gasteiger partial charge in [0.05, 0.1) is 0 Å². The number of aromatic nitrogens is 3. The smallest absolute Gasteiger partial charge is 0.252 e. The van der Waals surface area contributed by atoms with Crippen molar-refractivity contribution < 1.29 is 18.8 Å². The summed E-state index contributed by atoms with van der Waals surface area (Å²) >= 11 is 1.24. The predicted molar refractivity (Wildman–Crippen MR) is 114 cm³/mol. The number of ether oxygens (including phenoxy) is 1. The van der Waals surface area contributed by atoms with Gasteiger partial charge in [-0.2, -0.15) is 0 Å². The Morgan fingerprint density at radius 3 is 2.84 bits per heavy atom. The van der Waals surface area contributed by atoms with Gasteiger partial charge in [-0.3, -0.25) is 14.9 Å². The highest BCUT2D eigenvalue weighted by molar-refractivity contribution is 7.15. The molecule has 31 heavy (non-hydrogen) atoms. The van der Waals surface area contributed by atoms with Gasteiger partial charge in [-0.1, -0.05) is 46.8 Å². The first kappa shape index (κ1) is 21.1. The van der Waals surface area contributed by atoms with Gasteiger partial charge in [0.1, 0.15) is 28.6 Å². The first-order valence-corrected chi connectivity index (χ1v) is 10.8. The summed E-state index contributed by atoms with van der Waals surface area (Å²) in [5.41, 5.74) is 0.532. The van der Waals surface area contributed by atoms with Crippen molar-refractivity contribution in [3.8, 4) is 11.3 Å². The minimum absolute atomic E-state index is 0.159. The molecule has 0 spiro atoms. The Kier molecular flexibility index (Phi) is 6.10. The summed E-state index contributed by atoms with van der Waals surface area (Å²) in [7, 11) is 1.57. The number of hydrogen-bond acceptors (Lipinski definition) is 8. The van der Waals surface area contributed by atoms with E-state index in [4.69, 9.17) is 9.26 Å². The highest BCUT2D eigenvalue weighted by atomic mass is 32.1. The highest BCUT2D eigenvalue weighted by Crippen LogP contribution is 2.35. The van der Waals surface area contributed by atoms with Crippen LogP contribution < -0.4 is 5.32 Å². The molecular weight excluding hydrogens is 418 g/mol. The molecule has 9 nitrogen and oxygen atoms in total. The van der Waals surface area contributed by atoms with E-state index in [1.54, 1.807) is 12.0 Å². The van der Waals surface area contributed by atoms with Gasteiger partial charge in [-0.25, -0.2) is 0 Å². The number of benzene rings is 1. The van der Waals surface area contributed by atoms with Gasteiger partial charge in [-0.05, 0) is 12.8 Å². The monoisotopic (exact) mass is 441 g/mol. The quantitative estimate of drug-likeness (QED) is 0.600. The molecule has 1 aromatic carbocycles. The van der Waals surface area contributed by atoms with E-state index in [0.717, 1.165) is 12.0 Å². The Morgan fingerprint density at radius 1 is 1.29 bits per heavy atom. The second-order valence-electron chi connectivity index (χ2n) is 7.42. The number of nitrogens with zero attached hydrogens (tertiary/aromatic N) is 4. The van der Waals surface area contributed by atoms with E-state index in [0.29, 0.717) is 41.2 Å². The topological polar surface area (TPSA) is 110 Å². The SMILES string of the molecule is COCc1nnc(NC(=O)[C@]2(Cc3cc(-c4ccccc4)no3)CCCN2C(C)=O)s1. The van der Waals surface area contributed by atoms with Crippen LogP contribution >= 0.6 is 11.3 Å². The van der Waals surface area contributed by atoms with Crippen molar-refractivity contribution in [2.75, 3.05) is 19.0 Å². The fourth-order valence-corrected chi connectivity index (χ4v) is 4.67. The van der Waals surface area contributed by atoms with E-state index >= 15 is 0 Å². The van der Waals surface area contributed by atoms with E-state index in [-0.39, 0.29) is 18.2 Å². The Morgan fingerprint density at radius 2 is 2.10 bits per heavy atom. The van der Waals surface area contributed by atoms with Crippen LogP contribution in [0, 0.1) is 0 Å². The molecule has 3 heterocycles. The summed E-state index contributed by atoms with van der Waals surface area (Å²) in [5.74, 6) is 0.0743. The average Bonchev–Trinajstić information content (AvgIpc) is 3.50. The van der Waals surface area contributed by atoms with Gasteiger partial charge in [-0.15, -0.1) is 10.2 Å². The van der Waals surface area contributed by atoms with Crippen molar-refractivity contribution in [3.05, 3.63) is 47.2 Å². The number of likely N-dealkylation sites (tertiary alicyclic amines) is 1. The summed E-state index contributed by atoms with van der Waals surface area (Å²) in [6.07, 6.45) is 1.46. The Bertz CT molecular complexity index is 1070. The molecule has 0 aliphatic carbocycles. The van der Waals surface area contributed by atoms with Crippen LogP contribution in [0.25, 0.3) is 11.3 Å². The molecule has 3 aromatic rings. The van der Waals surface area contributed by atoms with Crippen LogP contribution in [0.4, 0.5) is 5.13 Å². The number of rotatable bonds is 7. The van der Waals surface area contributed by atoms with E-state index in [9.17, 15) is 9.59 Å². The molecule has 0 radical (unpaired) electrons. The number of methoxy groups -OCH3 is 1. The highest BCUT2D eigenvalue weighted by Gasteiger charge is 2.50. The lowest BCUT2D eigenvalue weighted by Gasteiger charge is -2.35. The Labute approximate surface area is 183 Å². The van der Waals surface area contributed by atoms with Gasteiger partial charge in [0, 0.05) is 38.6 Å². The fourth-order valence-electron chi connectivity index (χ4n) is 3.97. The predicted octanol–water partition coefficient (Wildman–Crippen LogP) is 2.90. The number of hydrogen-bond donors (Lipinski definition) is 1. The van der Waals surface area contributed by atoms with Gasteiger partial charge in [0.15, 0.2) is 0 Å². The zero-order valence-electron chi connectivity index (χ0n) is 17.3. The van der Waals surface area contributed by atoms with Gasteiger partial charge in [0.2, 0.25) is 11.0 Å². The lowest BCUT2D eigenvalue weighted by molar-refractivity contribution is -0.141. The van der Waals surface area contributed by atoms with E-state index in [1.165, 1.54) is 18.3 Å². The average molecular weight is 442 g/mol.